The van der Waals surface area contributed by atoms with Crippen LogP contribution in [-0.4, -0.2) is 23.1 Å². The van der Waals surface area contributed by atoms with E-state index in [1.807, 2.05) is 0 Å². The lowest BCUT2D eigenvalue weighted by atomic mass is 10.2. The molecule has 1 amide bonds. The first-order valence-corrected chi connectivity index (χ1v) is 6.27. The van der Waals surface area contributed by atoms with Crippen LogP contribution in [0.1, 0.15) is 23.2 Å². The van der Waals surface area contributed by atoms with Crippen LogP contribution >= 0.6 is 0 Å². The Labute approximate surface area is 124 Å². The SMILES string of the molecule is Cc1cc(C(=O)O[C@H](C)C(=O)Nc2ccc(F)c(F)c2)on1. The van der Waals surface area contributed by atoms with E-state index in [-0.39, 0.29) is 11.4 Å². The monoisotopic (exact) mass is 310 g/mol. The average Bonchev–Trinajstić information content (AvgIpc) is 2.89. The molecular formula is C14H12F2N2O4. The maximum absolute atomic E-state index is 13.0. The van der Waals surface area contributed by atoms with Crippen molar-refractivity contribution in [3.8, 4) is 0 Å². The van der Waals surface area contributed by atoms with Crippen molar-refractivity contribution in [2.75, 3.05) is 5.32 Å². The summed E-state index contributed by atoms with van der Waals surface area (Å²) in [5.74, 6) is -3.81. The van der Waals surface area contributed by atoms with Crippen LogP contribution < -0.4 is 5.32 Å². The lowest BCUT2D eigenvalue weighted by molar-refractivity contribution is -0.123. The molecule has 1 heterocycles. The van der Waals surface area contributed by atoms with Gasteiger partial charge in [0.15, 0.2) is 17.7 Å². The first-order valence-electron chi connectivity index (χ1n) is 6.27. The van der Waals surface area contributed by atoms with Crippen LogP contribution in [0.15, 0.2) is 28.8 Å². The summed E-state index contributed by atoms with van der Waals surface area (Å²) in [4.78, 5) is 23.5. The Bertz CT molecular complexity index is 715. The van der Waals surface area contributed by atoms with E-state index in [0.717, 1.165) is 12.1 Å². The Kier molecular flexibility index (Phi) is 4.50. The average molecular weight is 310 g/mol. The van der Waals surface area contributed by atoms with E-state index in [1.54, 1.807) is 6.92 Å². The molecule has 1 aromatic carbocycles. The number of aromatic nitrogens is 1. The summed E-state index contributed by atoms with van der Waals surface area (Å²) in [5, 5.41) is 5.82. The zero-order chi connectivity index (χ0) is 16.3. The van der Waals surface area contributed by atoms with Gasteiger partial charge in [0.25, 0.3) is 5.91 Å². The fraction of sp³-hybridized carbons (Fsp3) is 0.214. The van der Waals surface area contributed by atoms with Crippen molar-refractivity contribution < 1.29 is 27.6 Å². The lowest BCUT2D eigenvalue weighted by Gasteiger charge is -2.12. The molecule has 0 bridgehead atoms. The Morgan fingerprint density at radius 3 is 2.59 bits per heavy atom. The number of esters is 1. The zero-order valence-electron chi connectivity index (χ0n) is 11.7. The van der Waals surface area contributed by atoms with Crippen molar-refractivity contribution in [1.29, 1.82) is 0 Å². The predicted octanol–water partition coefficient (Wildman–Crippen LogP) is 2.45. The topological polar surface area (TPSA) is 81.4 Å². The van der Waals surface area contributed by atoms with Gasteiger partial charge in [-0.15, -0.1) is 0 Å². The first kappa shape index (κ1) is 15.6. The van der Waals surface area contributed by atoms with E-state index < -0.39 is 29.6 Å². The number of ether oxygens (including phenoxy) is 1. The number of nitrogens with zero attached hydrogens (tertiary/aromatic N) is 1. The smallest absolute Gasteiger partial charge is 0.377 e. The van der Waals surface area contributed by atoms with E-state index >= 15 is 0 Å². The highest BCUT2D eigenvalue weighted by Gasteiger charge is 2.22. The maximum Gasteiger partial charge on any atom is 0.377 e. The van der Waals surface area contributed by atoms with Crippen molar-refractivity contribution in [3.63, 3.8) is 0 Å². The largest absolute Gasteiger partial charge is 0.447 e. The molecule has 6 nitrogen and oxygen atoms in total. The number of carbonyl (C=O) groups is 2. The number of hydrogen-bond acceptors (Lipinski definition) is 5. The minimum Gasteiger partial charge on any atom is -0.447 e. The molecule has 2 rings (SSSR count). The van der Waals surface area contributed by atoms with Crippen molar-refractivity contribution in [1.82, 2.24) is 5.16 Å². The number of amides is 1. The van der Waals surface area contributed by atoms with Crippen LogP contribution in [-0.2, 0) is 9.53 Å². The molecule has 0 aliphatic carbocycles. The van der Waals surface area contributed by atoms with Gasteiger partial charge in [0.1, 0.15) is 0 Å². The highest BCUT2D eigenvalue weighted by molar-refractivity contribution is 5.96. The second kappa shape index (κ2) is 6.33. The van der Waals surface area contributed by atoms with Gasteiger partial charge in [-0.25, -0.2) is 13.6 Å². The molecule has 0 spiro atoms. The summed E-state index contributed by atoms with van der Waals surface area (Å²) in [6, 6.07) is 4.24. The highest BCUT2D eigenvalue weighted by Crippen LogP contribution is 2.14. The lowest BCUT2D eigenvalue weighted by Crippen LogP contribution is -2.30. The van der Waals surface area contributed by atoms with Gasteiger partial charge in [-0.1, -0.05) is 5.16 Å². The fourth-order valence-corrected chi connectivity index (χ4v) is 1.55. The van der Waals surface area contributed by atoms with Gasteiger partial charge in [0, 0.05) is 17.8 Å². The summed E-state index contributed by atoms with van der Waals surface area (Å²) < 4.78 is 35.4. The number of aryl methyl sites for hydroxylation is 1. The second-order valence-electron chi connectivity index (χ2n) is 4.50. The van der Waals surface area contributed by atoms with Crippen LogP contribution in [0.3, 0.4) is 0 Å². The van der Waals surface area contributed by atoms with E-state index in [2.05, 4.69) is 10.5 Å². The maximum atomic E-state index is 13.0. The second-order valence-corrected chi connectivity index (χ2v) is 4.50. The van der Waals surface area contributed by atoms with Crippen LogP contribution in [0, 0.1) is 18.6 Å². The number of nitrogens with one attached hydrogen (secondary N) is 1. The van der Waals surface area contributed by atoms with Gasteiger partial charge in [-0.05, 0) is 26.0 Å². The summed E-state index contributed by atoms with van der Waals surface area (Å²) in [6.45, 7) is 2.95. The third kappa shape index (κ3) is 3.66. The van der Waals surface area contributed by atoms with E-state index in [0.29, 0.717) is 5.69 Å². The highest BCUT2D eigenvalue weighted by atomic mass is 19.2. The van der Waals surface area contributed by atoms with Gasteiger partial charge in [-0.2, -0.15) is 0 Å². The standard InChI is InChI=1S/C14H12F2N2O4/c1-7-5-12(22-18-7)14(20)21-8(2)13(19)17-9-3-4-10(15)11(16)6-9/h3-6,8H,1-2H3,(H,17,19)/t8-/m1/s1. The zero-order valence-corrected chi connectivity index (χ0v) is 11.7. The first-order chi connectivity index (χ1) is 10.4. The molecular weight excluding hydrogens is 298 g/mol. The molecule has 0 saturated heterocycles. The van der Waals surface area contributed by atoms with Gasteiger partial charge >= 0.3 is 5.97 Å². The number of benzene rings is 1. The molecule has 0 saturated carbocycles. The number of anilines is 1. The van der Waals surface area contributed by atoms with E-state index in [4.69, 9.17) is 9.26 Å². The molecule has 0 fully saturated rings. The van der Waals surface area contributed by atoms with Crippen LogP contribution in [0.2, 0.25) is 0 Å². The molecule has 0 aliphatic heterocycles. The fourth-order valence-electron chi connectivity index (χ4n) is 1.55. The molecule has 0 unspecified atom stereocenters. The van der Waals surface area contributed by atoms with E-state index in [1.165, 1.54) is 19.1 Å². The molecule has 2 aromatic rings. The van der Waals surface area contributed by atoms with Gasteiger partial charge in [-0.3, -0.25) is 4.79 Å². The number of hydrogen-bond donors (Lipinski definition) is 1. The third-order valence-corrected chi connectivity index (χ3v) is 2.67. The molecule has 1 N–H and O–H groups in total. The molecule has 116 valence electrons. The van der Waals surface area contributed by atoms with Crippen LogP contribution in [0.4, 0.5) is 14.5 Å². The summed E-state index contributed by atoms with van der Waals surface area (Å²) in [7, 11) is 0. The normalized spacial score (nSPS) is 11.8. The summed E-state index contributed by atoms with van der Waals surface area (Å²) in [5.41, 5.74) is 0.535. The molecule has 1 aromatic heterocycles. The molecule has 8 heteroatoms. The van der Waals surface area contributed by atoms with Crippen molar-refractivity contribution in [2.24, 2.45) is 0 Å². The number of carbonyl (C=O) groups excluding carboxylic acids is 2. The predicted molar refractivity (Wildman–Crippen MR) is 71.1 cm³/mol. The van der Waals surface area contributed by atoms with Gasteiger partial charge in [0.2, 0.25) is 5.76 Å². The van der Waals surface area contributed by atoms with Crippen LogP contribution in [0.25, 0.3) is 0 Å². The Morgan fingerprint density at radius 1 is 1.27 bits per heavy atom. The van der Waals surface area contributed by atoms with Gasteiger partial charge in [0.05, 0.1) is 5.69 Å². The molecule has 1 atom stereocenters. The quantitative estimate of drug-likeness (QED) is 0.877. The van der Waals surface area contributed by atoms with Crippen molar-refractivity contribution in [3.05, 3.63) is 47.4 Å². The Morgan fingerprint density at radius 2 is 2.00 bits per heavy atom. The van der Waals surface area contributed by atoms with Crippen LogP contribution in [0.5, 0.6) is 0 Å². The Balaban J connectivity index is 1.97. The third-order valence-electron chi connectivity index (χ3n) is 2.67. The summed E-state index contributed by atoms with van der Waals surface area (Å²) >= 11 is 0. The minimum atomic E-state index is -1.16. The minimum absolute atomic E-state index is 0.0438. The molecule has 0 radical (unpaired) electrons. The van der Waals surface area contributed by atoms with Crippen molar-refractivity contribution >= 4 is 17.6 Å². The van der Waals surface area contributed by atoms with Crippen molar-refractivity contribution in [2.45, 2.75) is 20.0 Å². The number of halogens is 2. The summed E-state index contributed by atoms with van der Waals surface area (Å²) in [6.07, 6.45) is -1.16. The Hall–Kier alpha value is -2.77. The van der Waals surface area contributed by atoms with E-state index in [9.17, 15) is 18.4 Å². The molecule has 0 aliphatic rings. The van der Waals surface area contributed by atoms with Gasteiger partial charge < -0.3 is 14.6 Å². The molecule has 22 heavy (non-hydrogen) atoms. The number of rotatable bonds is 4.